The molecule has 0 saturated carbocycles. The molecular formula is C17H19N5O2S. The molecule has 0 spiro atoms. The van der Waals surface area contributed by atoms with Crippen molar-refractivity contribution >= 4 is 17.2 Å². The monoisotopic (exact) mass is 357 g/mol. The number of hydrogen-bond donors (Lipinski definition) is 1. The molecule has 1 aromatic carbocycles. The van der Waals surface area contributed by atoms with Crippen LogP contribution in [0.1, 0.15) is 33.8 Å². The summed E-state index contributed by atoms with van der Waals surface area (Å²) in [5, 5.41) is 23.4. The molecule has 8 heteroatoms. The standard InChI is InChI=1S/C17H19N5O2S/c1-3-21(10-15(23)13-6-4-12(2)5-7-13)17(24)16-14(8-9-25-16)22-11-18-19-20-22/h4-9,11,15,23H,3,10H2,1-2H3/t15-/m0/s1. The summed E-state index contributed by atoms with van der Waals surface area (Å²) >= 11 is 1.34. The van der Waals surface area contributed by atoms with Crippen LogP contribution in [0.3, 0.4) is 0 Å². The minimum absolute atomic E-state index is 0.144. The second kappa shape index (κ2) is 7.54. The number of nitrogens with zero attached hydrogens (tertiary/aromatic N) is 5. The molecule has 3 aromatic rings. The van der Waals surface area contributed by atoms with E-state index in [1.165, 1.54) is 22.3 Å². The topological polar surface area (TPSA) is 84.1 Å². The van der Waals surface area contributed by atoms with Gasteiger partial charge in [-0.05, 0) is 41.3 Å². The molecule has 130 valence electrons. The van der Waals surface area contributed by atoms with Gasteiger partial charge in [0.15, 0.2) is 0 Å². The summed E-state index contributed by atoms with van der Waals surface area (Å²) in [5.41, 5.74) is 2.57. The maximum absolute atomic E-state index is 12.9. The number of benzene rings is 1. The van der Waals surface area contributed by atoms with Gasteiger partial charge in [-0.3, -0.25) is 4.79 Å². The van der Waals surface area contributed by atoms with E-state index >= 15 is 0 Å². The predicted octanol–water partition coefficient (Wildman–Crippen LogP) is 2.23. The zero-order chi connectivity index (χ0) is 17.8. The lowest BCUT2D eigenvalue weighted by Crippen LogP contribution is -2.34. The number of aromatic nitrogens is 4. The number of thiophene rings is 1. The van der Waals surface area contributed by atoms with Crippen LogP contribution < -0.4 is 0 Å². The number of aliphatic hydroxyl groups excluding tert-OH is 1. The minimum atomic E-state index is -0.735. The molecule has 2 aromatic heterocycles. The number of aryl methyl sites for hydroxylation is 1. The third-order valence-corrected chi connectivity index (χ3v) is 4.85. The van der Waals surface area contributed by atoms with Gasteiger partial charge in [-0.2, -0.15) is 4.68 Å². The largest absolute Gasteiger partial charge is 0.387 e. The molecular weight excluding hydrogens is 338 g/mol. The molecule has 7 nitrogen and oxygen atoms in total. The number of carbonyl (C=O) groups is 1. The Morgan fingerprint density at radius 3 is 2.72 bits per heavy atom. The highest BCUT2D eigenvalue weighted by Crippen LogP contribution is 2.23. The third kappa shape index (κ3) is 3.75. The van der Waals surface area contributed by atoms with Gasteiger partial charge in [0.1, 0.15) is 11.2 Å². The molecule has 0 aliphatic heterocycles. The van der Waals surface area contributed by atoms with Crippen molar-refractivity contribution in [3.8, 4) is 5.69 Å². The van der Waals surface area contributed by atoms with E-state index in [-0.39, 0.29) is 12.5 Å². The molecule has 2 heterocycles. The zero-order valence-electron chi connectivity index (χ0n) is 14.0. The van der Waals surface area contributed by atoms with Crippen LogP contribution in [-0.2, 0) is 0 Å². The first-order chi connectivity index (χ1) is 12.1. The summed E-state index contributed by atoms with van der Waals surface area (Å²) in [4.78, 5) is 15.1. The number of hydrogen-bond acceptors (Lipinski definition) is 6. The van der Waals surface area contributed by atoms with Crippen molar-refractivity contribution in [2.24, 2.45) is 0 Å². The van der Waals surface area contributed by atoms with Gasteiger partial charge in [-0.15, -0.1) is 16.4 Å². The highest BCUT2D eigenvalue weighted by Gasteiger charge is 2.23. The Morgan fingerprint density at radius 2 is 2.08 bits per heavy atom. The Hall–Kier alpha value is -2.58. The second-order valence-corrected chi connectivity index (χ2v) is 6.58. The maximum Gasteiger partial charge on any atom is 0.266 e. The minimum Gasteiger partial charge on any atom is -0.387 e. The summed E-state index contributed by atoms with van der Waals surface area (Å²) in [7, 11) is 0. The lowest BCUT2D eigenvalue weighted by molar-refractivity contribution is 0.0639. The Balaban J connectivity index is 1.78. The SMILES string of the molecule is CCN(C[C@H](O)c1ccc(C)cc1)C(=O)c1sccc1-n1cnnn1. The van der Waals surface area contributed by atoms with Gasteiger partial charge in [0.05, 0.1) is 18.3 Å². The van der Waals surface area contributed by atoms with Gasteiger partial charge in [-0.1, -0.05) is 29.8 Å². The first kappa shape index (κ1) is 17.2. The third-order valence-electron chi connectivity index (χ3n) is 3.96. The van der Waals surface area contributed by atoms with Crippen LogP contribution in [0.4, 0.5) is 0 Å². The quantitative estimate of drug-likeness (QED) is 0.731. The van der Waals surface area contributed by atoms with Crippen molar-refractivity contribution < 1.29 is 9.90 Å². The van der Waals surface area contributed by atoms with Crippen molar-refractivity contribution in [1.82, 2.24) is 25.1 Å². The van der Waals surface area contributed by atoms with Crippen molar-refractivity contribution in [3.05, 3.63) is 58.0 Å². The van der Waals surface area contributed by atoms with E-state index in [1.54, 1.807) is 11.0 Å². The summed E-state index contributed by atoms with van der Waals surface area (Å²) in [6, 6.07) is 9.47. The van der Waals surface area contributed by atoms with E-state index in [2.05, 4.69) is 15.5 Å². The Labute approximate surface area is 149 Å². The van der Waals surface area contributed by atoms with Crippen LogP contribution in [0.25, 0.3) is 5.69 Å². The summed E-state index contributed by atoms with van der Waals surface area (Å²) in [6.07, 6.45) is 0.719. The van der Waals surface area contributed by atoms with Crippen LogP contribution in [0.2, 0.25) is 0 Å². The number of carbonyl (C=O) groups excluding carboxylic acids is 1. The highest BCUT2D eigenvalue weighted by atomic mass is 32.1. The first-order valence-electron chi connectivity index (χ1n) is 7.95. The molecule has 0 unspecified atom stereocenters. The van der Waals surface area contributed by atoms with Crippen molar-refractivity contribution in [1.29, 1.82) is 0 Å². The van der Waals surface area contributed by atoms with Gasteiger partial charge >= 0.3 is 0 Å². The molecule has 25 heavy (non-hydrogen) atoms. The molecule has 0 radical (unpaired) electrons. The fraction of sp³-hybridized carbons (Fsp3) is 0.294. The van der Waals surface area contributed by atoms with Crippen LogP contribution in [0.15, 0.2) is 42.0 Å². The fourth-order valence-corrected chi connectivity index (χ4v) is 3.36. The summed E-state index contributed by atoms with van der Waals surface area (Å²) in [5.74, 6) is -0.144. The smallest absolute Gasteiger partial charge is 0.266 e. The van der Waals surface area contributed by atoms with E-state index in [4.69, 9.17) is 0 Å². The highest BCUT2D eigenvalue weighted by molar-refractivity contribution is 7.12. The maximum atomic E-state index is 12.9. The van der Waals surface area contributed by atoms with Crippen LogP contribution in [0, 0.1) is 6.92 Å². The van der Waals surface area contributed by atoms with Crippen LogP contribution >= 0.6 is 11.3 Å². The van der Waals surface area contributed by atoms with E-state index in [0.29, 0.717) is 17.1 Å². The fourth-order valence-electron chi connectivity index (χ4n) is 2.52. The molecule has 0 saturated heterocycles. The lowest BCUT2D eigenvalue weighted by atomic mass is 10.1. The number of likely N-dealkylation sites (N-methyl/N-ethyl adjacent to an activating group) is 1. The van der Waals surface area contributed by atoms with Gasteiger partial charge in [0.2, 0.25) is 0 Å². The normalized spacial score (nSPS) is 12.1. The molecule has 0 aliphatic carbocycles. The average molecular weight is 357 g/mol. The molecule has 1 atom stereocenters. The van der Waals surface area contributed by atoms with Gasteiger partial charge < -0.3 is 10.0 Å². The summed E-state index contributed by atoms with van der Waals surface area (Å²) in [6.45, 7) is 4.61. The van der Waals surface area contributed by atoms with Crippen molar-refractivity contribution in [3.63, 3.8) is 0 Å². The first-order valence-corrected chi connectivity index (χ1v) is 8.83. The van der Waals surface area contributed by atoms with E-state index in [0.717, 1.165) is 11.1 Å². The van der Waals surface area contributed by atoms with Crippen LogP contribution in [-0.4, -0.2) is 49.2 Å². The van der Waals surface area contributed by atoms with Gasteiger partial charge in [-0.25, -0.2) is 0 Å². The van der Waals surface area contributed by atoms with Crippen molar-refractivity contribution in [2.75, 3.05) is 13.1 Å². The Bertz CT molecular complexity index is 829. The number of aliphatic hydroxyl groups is 1. The molecule has 0 aliphatic rings. The lowest BCUT2D eigenvalue weighted by Gasteiger charge is -2.24. The second-order valence-electron chi connectivity index (χ2n) is 5.66. The van der Waals surface area contributed by atoms with E-state index in [9.17, 15) is 9.90 Å². The van der Waals surface area contributed by atoms with E-state index < -0.39 is 6.10 Å². The van der Waals surface area contributed by atoms with Crippen LogP contribution in [0.5, 0.6) is 0 Å². The van der Waals surface area contributed by atoms with Gasteiger partial charge in [0.25, 0.3) is 5.91 Å². The Kier molecular flexibility index (Phi) is 5.20. The molecule has 3 rings (SSSR count). The zero-order valence-corrected chi connectivity index (χ0v) is 14.8. The van der Waals surface area contributed by atoms with E-state index in [1.807, 2.05) is 43.5 Å². The molecule has 0 bridgehead atoms. The number of tetrazole rings is 1. The van der Waals surface area contributed by atoms with Gasteiger partial charge in [0, 0.05) is 6.54 Å². The molecule has 1 N–H and O–H groups in total. The predicted molar refractivity (Wildman–Crippen MR) is 94.7 cm³/mol. The van der Waals surface area contributed by atoms with Crippen molar-refractivity contribution in [2.45, 2.75) is 20.0 Å². The summed E-state index contributed by atoms with van der Waals surface area (Å²) < 4.78 is 1.47. The molecule has 0 fully saturated rings. The number of rotatable bonds is 6. The molecule has 1 amide bonds. The average Bonchev–Trinajstić information content (AvgIpc) is 3.30. The number of amides is 1. The Morgan fingerprint density at radius 1 is 1.32 bits per heavy atom.